The molecule has 1 N–H and O–H groups in total. The predicted octanol–water partition coefficient (Wildman–Crippen LogP) is 4.61. The van der Waals surface area contributed by atoms with Gasteiger partial charge in [-0.3, -0.25) is 4.79 Å². The summed E-state index contributed by atoms with van der Waals surface area (Å²) < 4.78 is 0. The van der Waals surface area contributed by atoms with E-state index in [-0.39, 0.29) is 5.78 Å². The Morgan fingerprint density at radius 2 is 1.90 bits per heavy atom. The third-order valence-electron chi connectivity index (χ3n) is 3.41. The van der Waals surface area contributed by atoms with Gasteiger partial charge in [0.25, 0.3) is 0 Å². The van der Waals surface area contributed by atoms with E-state index in [1.54, 1.807) is 6.92 Å². The van der Waals surface area contributed by atoms with Crippen LogP contribution in [-0.2, 0) is 6.42 Å². The van der Waals surface area contributed by atoms with Gasteiger partial charge in [0.2, 0.25) is 0 Å². The Hall–Kier alpha value is -2.06. The molecule has 0 fully saturated rings. The van der Waals surface area contributed by atoms with Gasteiger partial charge < -0.3 is 4.98 Å². The van der Waals surface area contributed by atoms with E-state index >= 15 is 0 Å². The molecule has 0 saturated heterocycles. The molecule has 0 aliphatic carbocycles. The van der Waals surface area contributed by atoms with Crippen LogP contribution in [0.1, 0.15) is 28.5 Å². The second-order valence-corrected chi connectivity index (χ2v) is 5.32. The normalized spacial score (nSPS) is 10.9. The summed E-state index contributed by atoms with van der Waals surface area (Å²) in [5, 5.41) is 1.54. The number of halogens is 1. The first-order chi connectivity index (χ1) is 9.65. The van der Waals surface area contributed by atoms with Crippen LogP contribution in [0.5, 0.6) is 0 Å². The number of carbonyl (C=O) groups excluding carboxylic acids is 1. The van der Waals surface area contributed by atoms with Crippen molar-refractivity contribution in [2.75, 3.05) is 0 Å². The number of hydrogen-bond donors (Lipinski definition) is 1. The maximum absolute atomic E-state index is 12.0. The van der Waals surface area contributed by atoms with Crippen LogP contribution in [0.15, 0.2) is 48.5 Å². The number of benzene rings is 2. The Morgan fingerprint density at radius 3 is 2.60 bits per heavy atom. The Morgan fingerprint density at radius 1 is 1.15 bits per heavy atom. The monoisotopic (exact) mass is 283 g/mol. The van der Waals surface area contributed by atoms with Crippen LogP contribution in [0.3, 0.4) is 0 Å². The zero-order valence-corrected chi connectivity index (χ0v) is 11.9. The maximum Gasteiger partial charge on any atom is 0.162 e. The number of ketones is 1. The van der Waals surface area contributed by atoms with Crippen molar-refractivity contribution < 1.29 is 4.79 Å². The van der Waals surface area contributed by atoms with Crippen LogP contribution < -0.4 is 0 Å². The van der Waals surface area contributed by atoms with Crippen molar-refractivity contribution in [1.29, 1.82) is 0 Å². The molecule has 2 aromatic carbocycles. The van der Waals surface area contributed by atoms with Gasteiger partial charge >= 0.3 is 0 Å². The molecule has 3 rings (SSSR count). The van der Waals surface area contributed by atoms with E-state index in [4.69, 9.17) is 11.6 Å². The molecule has 1 heterocycles. The molecule has 0 amide bonds. The fraction of sp³-hybridized carbons (Fsp3) is 0.118. The quantitative estimate of drug-likeness (QED) is 0.699. The van der Waals surface area contributed by atoms with E-state index in [1.807, 2.05) is 36.4 Å². The number of hydrogen-bond acceptors (Lipinski definition) is 1. The number of carbonyl (C=O) groups is 1. The fourth-order valence-electron chi connectivity index (χ4n) is 2.55. The van der Waals surface area contributed by atoms with Crippen molar-refractivity contribution in [3.8, 4) is 0 Å². The highest BCUT2D eigenvalue weighted by Crippen LogP contribution is 2.27. The number of fused-ring (bicyclic) bond motifs is 1. The molecule has 0 radical (unpaired) electrons. The average molecular weight is 284 g/mol. The molecule has 2 nitrogen and oxygen atoms in total. The minimum atomic E-state index is 0.0597. The molecule has 0 aliphatic heterocycles. The third-order valence-corrected chi connectivity index (χ3v) is 3.65. The lowest BCUT2D eigenvalue weighted by Gasteiger charge is -2.02. The highest BCUT2D eigenvalue weighted by Gasteiger charge is 2.15. The van der Waals surface area contributed by atoms with Crippen LogP contribution in [0, 0.1) is 0 Å². The van der Waals surface area contributed by atoms with E-state index in [1.165, 1.54) is 5.56 Å². The molecule has 0 atom stereocenters. The summed E-state index contributed by atoms with van der Waals surface area (Å²) in [6.45, 7) is 1.60. The standard InChI is InChI=1S/C17H14ClNO/c1-11(20)17-14-10-13(18)7-8-15(14)19-16(17)9-12-5-3-2-4-6-12/h2-8,10,19H,9H2,1H3. The summed E-state index contributed by atoms with van der Waals surface area (Å²) in [4.78, 5) is 15.3. The van der Waals surface area contributed by atoms with Crippen LogP contribution in [0.4, 0.5) is 0 Å². The van der Waals surface area contributed by atoms with E-state index in [2.05, 4.69) is 17.1 Å². The topological polar surface area (TPSA) is 32.9 Å². The zero-order chi connectivity index (χ0) is 14.1. The first-order valence-corrected chi connectivity index (χ1v) is 6.88. The SMILES string of the molecule is CC(=O)c1c(Cc2ccccc2)[nH]c2ccc(Cl)cc12. The van der Waals surface area contributed by atoms with E-state index in [9.17, 15) is 4.79 Å². The van der Waals surface area contributed by atoms with Crippen molar-refractivity contribution in [2.45, 2.75) is 13.3 Å². The average Bonchev–Trinajstić information content (AvgIpc) is 2.77. The summed E-state index contributed by atoms with van der Waals surface area (Å²) >= 11 is 6.04. The lowest BCUT2D eigenvalue weighted by molar-refractivity contribution is 0.101. The first-order valence-electron chi connectivity index (χ1n) is 6.50. The zero-order valence-electron chi connectivity index (χ0n) is 11.1. The predicted molar refractivity (Wildman–Crippen MR) is 82.6 cm³/mol. The molecule has 0 unspecified atom stereocenters. The molecule has 0 spiro atoms. The highest BCUT2D eigenvalue weighted by atomic mass is 35.5. The molecule has 3 heteroatoms. The summed E-state index contributed by atoms with van der Waals surface area (Å²) in [7, 11) is 0. The lowest BCUT2D eigenvalue weighted by Crippen LogP contribution is -1.98. The molecule has 0 saturated carbocycles. The smallest absolute Gasteiger partial charge is 0.162 e. The van der Waals surface area contributed by atoms with E-state index in [0.29, 0.717) is 11.4 Å². The van der Waals surface area contributed by atoms with Gasteiger partial charge in [0.15, 0.2) is 5.78 Å². The highest BCUT2D eigenvalue weighted by molar-refractivity contribution is 6.31. The Kier molecular flexibility index (Phi) is 3.33. The summed E-state index contributed by atoms with van der Waals surface area (Å²) in [6, 6.07) is 15.7. The van der Waals surface area contributed by atoms with Crippen molar-refractivity contribution in [3.63, 3.8) is 0 Å². The van der Waals surface area contributed by atoms with Gasteiger partial charge in [-0.05, 0) is 30.7 Å². The molecule has 0 bridgehead atoms. The number of rotatable bonds is 3. The van der Waals surface area contributed by atoms with E-state index in [0.717, 1.165) is 22.2 Å². The lowest BCUT2D eigenvalue weighted by atomic mass is 10.0. The van der Waals surface area contributed by atoms with Gasteiger partial charge in [0, 0.05) is 33.6 Å². The number of H-pyrrole nitrogens is 1. The minimum Gasteiger partial charge on any atom is -0.357 e. The first kappa shape index (κ1) is 12.9. The van der Waals surface area contributed by atoms with Gasteiger partial charge in [-0.25, -0.2) is 0 Å². The summed E-state index contributed by atoms with van der Waals surface area (Å²) in [6.07, 6.45) is 0.710. The molecule has 0 aliphatic rings. The van der Waals surface area contributed by atoms with Crippen molar-refractivity contribution in [1.82, 2.24) is 4.98 Å². The van der Waals surface area contributed by atoms with Crippen LogP contribution in [0.25, 0.3) is 10.9 Å². The second-order valence-electron chi connectivity index (χ2n) is 4.89. The fourth-order valence-corrected chi connectivity index (χ4v) is 2.73. The van der Waals surface area contributed by atoms with Gasteiger partial charge in [-0.15, -0.1) is 0 Å². The van der Waals surface area contributed by atoms with Crippen molar-refractivity contribution in [3.05, 3.63) is 70.4 Å². The van der Waals surface area contributed by atoms with Gasteiger partial charge in [0.1, 0.15) is 0 Å². The number of aromatic amines is 1. The van der Waals surface area contributed by atoms with Gasteiger partial charge in [-0.1, -0.05) is 41.9 Å². The largest absolute Gasteiger partial charge is 0.357 e. The minimum absolute atomic E-state index is 0.0597. The van der Waals surface area contributed by atoms with Gasteiger partial charge in [-0.2, -0.15) is 0 Å². The molecular weight excluding hydrogens is 270 g/mol. The second kappa shape index (κ2) is 5.14. The maximum atomic E-state index is 12.0. The van der Waals surface area contributed by atoms with Crippen LogP contribution >= 0.6 is 11.6 Å². The number of nitrogens with one attached hydrogen (secondary N) is 1. The molecule has 1 aromatic heterocycles. The van der Waals surface area contributed by atoms with Crippen molar-refractivity contribution >= 4 is 28.3 Å². The van der Waals surface area contributed by atoms with Crippen molar-refractivity contribution in [2.24, 2.45) is 0 Å². The molecule has 3 aromatic rings. The van der Waals surface area contributed by atoms with Crippen LogP contribution in [0.2, 0.25) is 5.02 Å². The van der Waals surface area contributed by atoms with Crippen LogP contribution in [-0.4, -0.2) is 10.8 Å². The number of Topliss-reactive ketones (excluding diaryl/α,β-unsaturated/α-hetero) is 1. The number of aromatic nitrogens is 1. The Bertz CT molecular complexity index is 774. The molecule has 20 heavy (non-hydrogen) atoms. The molecular formula is C17H14ClNO. The Balaban J connectivity index is 2.15. The summed E-state index contributed by atoms with van der Waals surface area (Å²) in [5.74, 6) is 0.0597. The third kappa shape index (κ3) is 2.35. The molecule has 100 valence electrons. The summed E-state index contributed by atoms with van der Waals surface area (Å²) in [5.41, 5.74) is 3.81. The van der Waals surface area contributed by atoms with Gasteiger partial charge in [0.05, 0.1) is 0 Å². The van der Waals surface area contributed by atoms with E-state index < -0.39 is 0 Å². The Labute approximate surface area is 122 Å².